The Bertz CT molecular complexity index is 1030. The molecule has 0 bridgehead atoms. The van der Waals surface area contributed by atoms with Crippen LogP contribution < -0.4 is 16.1 Å². The number of carboxylic acid groups (broad SMARTS) is 1. The number of carbonyl (C=O) groups is 5. The summed E-state index contributed by atoms with van der Waals surface area (Å²) in [6.07, 6.45) is -1.37. The lowest BCUT2D eigenvalue weighted by Crippen LogP contribution is -2.43. The fourth-order valence-electron chi connectivity index (χ4n) is 2.99. The number of nitrogens with two attached hydrogens (primary N) is 1. The Morgan fingerprint density at radius 3 is 2.39 bits per heavy atom. The SMILES string of the molecule is CCOP(=O)(C=CSC[C@H](NC(=O)CC[C@H](N)OC=O)C(=O)CCC(=O)O)Nc1ccc(C(=O)CC)cc1. The molecule has 38 heavy (non-hydrogen) atoms. The van der Waals surface area contributed by atoms with Gasteiger partial charge in [0.05, 0.1) is 19.1 Å². The number of ketones is 2. The van der Waals surface area contributed by atoms with Gasteiger partial charge < -0.3 is 24.8 Å². The molecule has 14 heteroatoms. The van der Waals surface area contributed by atoms with Crippen molar-refractivity contribution in [3.63, 3.8) is 0 Å². The minimum absolute atomic E-state index is 0.0162. The zero-order chi connectivity index (χ0) is 28.6. The van der Waals surface area contributed by atoms with Gasteiger partial charge in [-0.25, -0.2) is 0 Å². The number of benzene rings is 1. The van der Waals surface area contributed by atoms with E-state index in [1.165, 1.54) is 11.2 Å². The lowest BCUT2D eigenvalue weighted by atomic mass is 10.1. The lowest BCUT2D eigenvalue weighted by Gasteiger charge is -2.18. The molecular formula is C24H34N3O9PS. The highest BCUT2D eigenvalue weighted by Crippen LogP contribution is 2.48. The first-order chi connectivity index (χ1) is 18.0. The summed E-state index contributed by atoms with van der Waals surface area (Å²) in [5.41, 5.74) is 6.53. The van der Waals surface area contributed by atoms with E-state index in [2.05, 4.69) is 15.1 Å². The normalized spacial score (nSPS) is 14.2. The summed E-state index contributed by atoms with van der Waals surface area (Å²) in [6.45, 7) is 3.75. The summed E-state index contributed by atoms with van der Waals surface area (Å²) in [4.78, 5) is 57.8. The van der Waals surface area contributed by atoms with Crippen LogP contribution >= 0.6 is 19.3 Å². The van der Waals surface area contributed by atoms with Gasteiger partial charge in [-0.2, -0.15) is 0 Å². The number of aliphatic carboxylic acids is 1. The maximum atomic E-state index is 13.2. The first-order valence-electron chi connectivity index (χ1n) is 11.9. The second kappa shape index (κ2) is 17.5. The number of carboxylic acids is 1. The van der Waals surface area contributed by atoms with E-state index in [4.69, 9.17) is 15.4 Å². The van der Waals surface area contributed by atoms with Gasteiger partial charge in [0.2, 0.25) is 5.91 Å². The van der Waals surface area contributed by atoms with Crippen molar-refractivity contribution in [2.75, 3.05) is 17.4 Å². The van der Waals surface area contributed by atoms with Crippen LogP contribution in [-0.2, 0) is 33.0 Å². The van der Waals surface area contributed by atoms with Crippen LogP contribution in [0.5, 0.6) is 0 Å². The van der Waals surface area contributed by atoms with Crippen molar-refractivity contribution in [1.82, 2.24) is 5.32 Å². The molecule has 1 unspecified atom stereocenters. The van der Waals surface area contributed by atoms with E-state index in [-0.39, 0.29) is 43.9 Å². The number of Topliss-reactive ketones (excluding diaryl/α,β-unsaturated/α-hetero) is 2. The summed E-state index contributed by atoms with van der Waals surface area (Å²) in [5.74, 6) is -0.815. The van der Waals surface area contributed by atoms with E-state index in [0.29, 0.717) is 17.7 Å². The van der Waals surface area contributed by atoms with Crippen LogP contribution in [0.25, 0.3) is 0 Å². The van der Waals surface area contributed by atoms with Crippen LogP contribution in [0.1, 0.15) is 56.3 Å². The van der Waals surface area contributed by atoms with Crippen molar-refractivity contribution in [2.45, 2.75) is 58.2 Å². The summed E-state index contributed by atoms with van der Waals surface area (Å²) in [7, 11) is -3.49. The van der Waals surface area contributed by atoms with Crippen LogP contribution in [0.2, 0.25) is 0 Å². The van der Waals surface area contributed by atoms with Crippen LogP contribution in [0.3, 0.4) is 0 Å². The minimum atomic E-state index is -3.49. The fourth-order valence-corrected chi connectivity index (χ4v) is 5.67. The zero-order valence-electron chi connectivity index (χ0n) is 21.3. The highest BCUT2D eigenvalue weighted by molar-refractivity contribution is 8.02. The van der Waals surface area contributed by atoms with Crippen molar-refractivity contribution in [2.24, 2.45) is 5.73 Å². The molecule has 0 fully saturated rings. The number of ether oxygens (including phenoxy) is 1. The third kappa shape index (κ3) is 13.0. The predicted octanol–water partition coefficient (Wildman–Crippen LogP) is 3.28. The molecule has 0 saturated carbocycles. The topological polar surface area (TPSA) is 191 Å². The zero-order valence-corrected chi connectivity index (χ0v) is 23.0. The van der Waals surface area contributed by atoms with Crippen LogP contribution in [0.4, 0.5) is 5.69 Å². The second-order valence-electron chi connectivity index (χ2n) is 7.89. The Morgan fingerprint density at radius 2 is 1.82 bits per heavy atom. The molecule has 0 saturated heterocycles. The van der Waals surface area contributed by atoms with Crippen LogP contribution in [0.15, 0.2) is 35.5 Å². The molecule has 0 spiro atoms. The first-order valence-corrected chi connectivity index (χ1v) is 14.6. The van der Waals surface area contributed by atoms with Gasteiger partial charge in [0.1, 0.15) is 0 Å². The number of thioether (sulfide) groups is 1. The molecule has 5 N–H and O–H groups in total. The largest absolute Gasteiger partial charge is 0.481 e. The average Bonchev–Trinajstić information content (AvgIpc) is 2.88. The highest BCUT2D eigenvalue weighted by Gasteiger charge is 2.23. The summed E-state index contributed by atoms with van der Waals surface area (Å²) in [6, 6.07) is 5.47. The van der Waals surface area contributed by atoms with Gasteiger partial charge in [0, 0.05) is 48.5 Å². The molecule has 0 aliphatic heterocycles. The van der Waals surface area contributed by atoms with Gasteiger partial charge in [-0.1, -0.05) is 6.92 Å². The third-order valence-corrected chi connectivity index (χ3v) is 7.75. The van der Waals surface area contributed by atoms with Gasteiger partial charge in [-0.15, -0.1) is 11.8 Å². The summed E-state index contributed by atoms with van der Waals surface area (Å²) >= 11 is 1.07. The van der Waals surface area contributed by atoms with E-state index >= 15 is 0 Å². The first kappa shape index (κ1) is 33.0. The molecule has 3 atom stereocenters. The fraction of sp³-hybridized carbons (Fsp3) is 0.458. The van der Waals surface area contributed by atoms with E-state index in [1.54, 1.807) is 38.1 Å². The van der Waals surface area contributed by atoms with Crippen molar-refractivity contribution >= 4 is 54.9 Å². The van der Waals surface area contributed by atoms with Crippen LogP contribution in [0, 0.1) is 0 Å². The molecular weight excluding hydrogens is 537 g/mol. The monoisotopic (exact) mass is 571 g/mol. The summed E-state index contributed by atoms with van der Waals surface area (Å²) < 4.78 is 23.2. The standard InChI is InChI=1S/C24H34N3O9PS/c1-3-20(29)17-5-7-18(8-6-17)27-37(34,36-4-2)13-14-38-15-19(21(30)9-12-24(32)33)26-23(31)11-10-22(25)35-16-28/h5-8,13-14,16,19,22H,3-4,9-12,15,25H2,1-2H3,(H,26,31)(H,27,34)(H,32,33)/t19-,22+,37?/m0/s1. The summed E-state index contributed by atoms with van der Waals surface area (Å²) in [5, 5.41) is 15.7. The molecule has 1 amide bonds. The highest BCUT2D eigenvalue weighted by atomic mass is 32.2. The molecule has 0 aliphatic carbocycles. The van der Waals surface area contributed by atoms with Crippen molar-refractivity contribution in [3.8, 4) is 0 Å². The molecule has 0 radical (unpaired) electrons. The maximum absolute atomic E-state index is 13.2. The molecule has 0 aromatic heterocycles. The van der Waals surface area contributed by atoms with E-state index in [9.17, 15) is 28.5 Å². The van der Waals surface area contributed by atoms with E-state index in [1.807, 2.05) is 0 Å². The third-order valence-electron chi connectivity index (χ3n) is 4.95. The number of rotatable bonds is 20. The van der Waals surface area contributed by atoms with Gasteiger partial charge in [-0.05, 0) is 36.6 Å². The predicted molar refractivity (Wildman–Crippen MR) is 144 cm³/mol. The molecule has 12 nitrogen and oxygen atoms in total. The number of anilines is 1. The lowest BCUT2D eigenvalue weighted by molar-refractivity contribution is -0.139. The second-order valence-corrected chi connectivity index (χ2v) is 10.8. The quantitative estimate of drug-likeness (QED) is 0.0774. The van der Waals surface area contributed by atoms with Crippen molar-refractivity contribution < 1.29 is 42.9 Å². The van der Waals surface area contributed by atoms with E-state index < -0.39 is 43.9 Å². The van der Waals surface area contributed by atoms with Gasteiger partial charge >= 0.3 is 13.5 Å². The Hall–Kier alpha value is -2.99. The average molecular weight is 572 g/mol. The molecule has 210 valence electrons. The maximum Gasteiger partial charge on any atom is 0.317 e. The Labute approximate surface area is 225 Å². The Morgan fingerprint density at radius 1 is 1.13 bits per heavy atom. The molecule has 0 heterocycles. The van der Waals surface area contributed by atoms with Crippen molar-refractivity contribution in [3.05, 3.63) is 41.1 Å². The molecule has 1 aromatic rings. The number of hydrogen-bond acceptors (Lipinski definition) is 10. The van der Waals surface area contributed by atoms with Gasteiger partial charge in [0.25, 0.3) is 6.47 Å². The number of nitrogens with one attached hydrogen (secondary N) is 2. The van der Waals surface area contributed by atoms with E-state index in [0.717, 1.165) is 11.8 Å². The number of carbonyl (C=O) groups excluding carboxylic acids is 4. The Kier molecular flexibility index (Phi) is 15.2. The van der Waals surface area contributed by atoms with Crippen molar-refractivity contribution in [1.29, 1.82) is 0 Å². The molecule has 1 rings (SSSR count). The minimum Gasteiger partial charge on any atom is -0.481 e. The molecule has 0 aliphatic rings. The smallest absolute Gasteiger partial charge is 0.317 e. The molecule has 1 aromatic carbocycles. The number of amides is 1. The van der Waals surface area contributed by atoms with Gasteiger partial charge in [0.15, 0.2) is 17.8 Å². The van der Waals surface area contributed by atoms with Gasteiger partial charge in [-0.3, -0.25) is 34.3 Å². The Balaban J connectivity index is 2.84. The van der Waals surface area contributed by atoms with Crippen LogP contribution in [-0.4, -0.2) is 59.7 Å². The number of hydrogen-bond donors (Lipinski definition) is 4.